The molecule has 0 aliphatic heterocycles. The summed E-state index contributed by atoms with van der Waals surface area (Å²) in [6, 6.07) is 10.4. The second-order valence-corrected chi connectivity index (χ2v) is 6.54. The van der Waals surface area contributed by atoms with E-state index in [1.807, 2.05) is 6.07 Å². The lowest BCUT2D eigenvalue weighted by Gasteiger charge is -2.22. The maximum absolute atomic E-state index is 12.9. The molecule has 0 saturated heterocycles. The first-order valence-corrected chi connectivity index (χ1v) is 8.96. The molecule has 1 aliphatic rings. The van der Waals surface area contributed by atoms with E-state index >= 15 is 0 Å². The highest BCUT2D eigenvalue weighted by molar-refractivity contribution is 5.92. The molecule has 1 aliphatic carbocycles. The van der Waals surface area contributed by atoms with Crippen LogP contribution in [0.5, 0.6) is 0 Å². The van der Waals surface area contributed by atoms with Crippen LogP contribution in [0.2, 0.25) is 0 Å². The number of hydrogen-bond donors (Lipinski definition) is 2. The highest BCUT2D eigenvalue weighted by Crippen LogP contribution is 2.18. The minimum absolute atomic E-state index is 0.0928. The number of pyridine rings is 1. The summed E-state index contributed by atoms with van der Waals surface area (Å²) in [6.45, 7) is 0.723. The molecule has 5 heteroatoms. The third-order valence-electron chi connectivity index (χ3n) is 4.59. The van der Waals surface area contributed by atoms with Crippen molar-refractivity contribution in [3.63, 3.8) is 0 Å². The van der Waals surface area contributed by atoms with Gasteiger partial charge in [0.2, 0.25) is 0 Å². The minimum atomic E-state index is -0.219. The molecule has 1 aromatic heterocycles. The van der Waals surface area contributed by atoms with Crippen LogP contribution in [0.15, 0.2) is 42.6 Å². The minimum Gasteiger partial charge on any atom is -0.383 e. The summed E-state index contributed by atoms with van der Waals surface area (Å²) in [4.78, 5) is 16.5. The van der Waals surface area contributed by atoms with Crippen LogP contribution in [0, 0.1) is 5.82 Å². The van der Waals surface area contributed by atoms with Crippen LogP contribution in [0.3, 0.4) is 0 Å². The van der Waals surface area contributed by atoms with Crippen LogP contribution in [0.4, 0.5) is 10.1 Å². The normalized spacial score (nSPS) is 14.9. The van der Waals surface area contributed by atoms with Crippen molar-refractivity contribution in [3.05, 3.63) is 59.7 Å². The van der Waals surface area contributed by atoms with Gasteiger partial charge in [0, 0.05) is 12.6 Å². The van der Waals surface area contributed by atoms with Gasteiger partial charge in [-0.2, -0.15) is 0 Å². The van der Waals surface area contributed by atoms with Gasteiger partial charge in [-0.25, -0.2) is 9.37 Å². The smallest absolute Gasteiger partial charge is 0.270 e. The average Bonchev–Trinajstić information content (AvgIpc) is 2.65. The predicted molar refractivity (Wildman–Crippen MR) is 97.2 cm³/mol. The highest BCUT2D eigenvalue weighted by Gasteiger charge is 2.17. The van der Waals surface area contributed by atoms with E-state index < -0.39 is 0 Å². The number of rotatable bonds is 6. The van der Waals surface area contributed by atoms with Crippen molar-refractivity contribution in [2.24, 2.45) is 0 Å². The third-order valence-corrected chi connectivity index (χ3v) is 4.59. The number of aromatic nitrogens is 1. The van der Waals surface area contributed by atoms with Crippen LogP contribution >= 0.6 is 0 Å². The summed E-state index contributed by atoms with van der Waals surface area (Å²) in [5.74, 6) is -0.312. The van der Waals surface area contributed by atoms with Gasteiger partial charge in [-0.1, -0.05) is 31.4 Å². The topological polar surface area (TPSA) is 54.0 Å². The molecule has 0 bridgehead atoms. The van der Waals surface area contributed by atoms with E-state index in [1.165, 1.54) is 31.4 Å². The zero-order valence-electron chi connectivity index (χ0n) is 14.3. The van der Waals surface area contributed by atoms with Gasteiger partial charge in [-0.05, 0) is 49.1 Å². The Labute approximate surface area is 147 Å². The monoisotopic (exact) mass is 341 g/mol. The second kappa shape index (κ2) is 8.60. The standard InChI is InChI=1S/C20H24FN3O/c21-16-8-6-15(7-9-16)12-13-22-18-10-11-19(23-14-18)20(25)24-17-4-2-1-3-5-17/h6-11,14,17,22H,1-5,12-13H2,(H,24,25). The van der Waals surface area contributed by atoms with Gasteiger partial charge >= 0.3 is 0 Å². The van der Waals surface area contributed by atoms with Crippen LogP contribution in [-0.2, 0) is 6.42 Å². The molecule has 132 valence electrons. The van der Waals surface area contributed by atoms with Gasteiger partial charge in [0.25, 0.3) is 5.91 Å². The Morgan fingerprint density at radius 3 is 2.52 bits per heavy atom. The zero-order valence-corrected chi connectivity index (χ0v) is 14.3. The van der Waals surface area contributed by atoms with Crippen molar-refractivity contribution >= 4 is 11.6 Å². The molecule has 1 heterocycles. The van der Waals surface area contributed by atoms with E-state index in [0.717, 1.165) is 37.1 Å². The molecule has 1 saturated carbocycles. The van der Waals surface area contributed by atoms with Crippen LogP contribution < -0.4 is 10.6 Å². The molecule has 2 N–H and O–H groups in total. The lowest BCUT2D eigenvalue weighted by atomic mass is 9.95. The molecule has 4 nitrogen and oxygen atoms in total. The second-order valence-electron chi connectivity index (χ2n) is 6.54. The number of hydrogen-bond acceptors (Lipinski definition) is 3. The fourth-order valence-electron chi connectivity index (χ4n) is 3.14. The summed E-state index contributed by atoms with van der Waals surface area (Å²) in [5, 5.41) is 6.34. The first kappa shape index (κ1) is 17.4. The first-order valence-electron chi connectivity index (χ1n) is 8.96. The average molecular weight is 341 g/mol. The summed E-state index contributed by atoms with van der Waals surface area (Å²) in [6.07, 6.45) is 8.25. The van der Waals surface area contributed by atoms with Gasteiger partial charge < -0.3 is 10.6 Å². The summed E-state index contributed by atoms with van der Waals surface area (Å²) >= 11 is 0. The van der Waals surface area contributed by atoms with E-state index in [4.69, 9.17) is 0 Å². The number of benzene rings is 1. The van der Waals surface area contributed by atoms with Crippen molar-refractivity contribution in [1.29, 1.82) is 0 Å². The molecule has 0 spiro atoms. The van der Waals surface area contributed by atoms with E-state index in [9.17, 15) is 9.18 Å². The van der Waals surface area contributed by atoms with Gasteiger partial charge in [0.05, 0.1) is 11.9 Å². The lowest BCUT2D eigenvalue weighted by Crippen LogP contribution is -2.36. The highest BCUT2D eigenvalue weighted by atomic mass is 19.1. The van der Waals surface area contributed by atoms with Crippen molar-refractivity contribution in [1.82, 2.24) is 10.3 Å². The molecule has 25 heavy (non-hydrogen) atoms. The van der Waals surface area contributed by atoms with Crippen molar-refractivity contribution in [2.45, 2.75) is 44.6 Å². The number of nitrogens with zero attached hydrogens (tertiary/aromatic N) is 1. The maximum Gasteiger partial charge on any atom is 0.270 e. The Kier molecular flexibility index (Phi) is 5.99. The molecule has 1 amide bonds. The van der Waals surface area contributed by atoms with Crippen molar-refractivity contribution in [2.75, 3.05) is 11.9 Å². The van der Waals surface area contributed by atoms with E-state index in [-0.39, 0.29) is 17.8 Å². The molecule has 0 unspecified atom stereocenters. The fraction of sp³-hybridized carbons (Fsp3) is 0.400. The number of carbonyl (C=O) groups is 1. The Morgan fingerprint density at radius 2 is 1.84 bits per heavy atom. The number of nitrogens with one attached hydrogen (secondary N) is 2. The number of amides is 1. The molecule has 1 aromatic carbocycles. The molecule has 1 fully saturated rings. The Bertz CT molecular complexity index is 679. The maximum atomic E-state index is 12.9. The van der Waals surface area contributed by atoms with Crippen molar-refractivity contribution in [3.8, 4) is 0 Å². The Hall–Kier alpha value is -2.43. The Morgan fingerprint density at radius 1 is 1.08 bits per heavy atom. The van der Waals surface area contributed by atoms with E-state index in [1.54, 1.807) is 24.4 Å². The molecule has 0 radical (unpaired) electrons. The number of halogens is 1. The summed E-state index contributed by atoms with van der Waals surface area (Å²) < 4.78 is 12.9. The van der Waals surface area contributed by atoms with Crippen LogP contribution in [0.25, 0.3) is 0 Å². The largest absolute Gasteiger partial charge is 0.383 e. The van der Waals surface area contributed by atoms with Gasteiger partial charge in [0.1, 0.15) is 11.5 Å². The molecule has 0 atom stereocenters. The van der Waals surface area contributed by atoms with E-state index in [2.05, 4.69) is 15.6 Å². The first-order chi connectivity index (χ1) is 12.2. The molecule has 3 rings (SSSR count). The zero-order chi connectivity index (χ0) is 17.5. The third kappa shape index (κ3) is 5.28. The fourth-order valence-corrected chi connectivity index (χ4v) is 3.14. The summed E-state index contributed by atoms with van der Waals surface area (Å²) in [5.41, 5.74) is 2.40. The predicted octanol–water partition coefficient (Wildman–Crippen LogP) is 3.94. The molecular formula is C20H24FN3O. The van der Waals surface area contributed by atoms with Crippen LogP contribution in [-0.4, -0.2) is 23.5 Å². The van der Waals surface area contributed by atoms with Gasteiger partial charge in [0.15, 0.2) is 0 Å². The summed E-state index contributed by atoms with van der Waals surface area (Å²) in [7, 11) is 0. The lowest BCUT2D eigenvalue weighted by molar-refractivity contribution is 0.0922. The Balaban J connectivity index is 1.46. The molecule has 2 aromatic rings. The van der Waals surface area contributed by atoms with Crippen molar-refractivity contribution < 1.29 is 9.18 Å². The SMILES string of the molecule is O=C(NC1CCCCC1)c1ccc(NCCc2ccc(F)cc2)cn1. The van der Waals surface area contributed by atoms with E-state index in [0.29, 0.717) is 5.69 Å². The molecular weight excluding hydrogens is 317 g/mol. The number of carbonyl (C=O) groups excluding carboxylic acids is 1. The van der Waals surface area contributed by atoms with Crippen LogP contribution in [0.1, 0.15) is 48.2 Å². The van der Waals surface area contributed by atoms with Gasteiger partial charge in [-0.3, -0.25) is 4.79 Å². The quantitative estimate of drug-likeness (QED) is 0.837. The van der Waals surface area contributed by atoms with Gasteiger partial charge in [-0.15, -0.1) is 0 Å². The number of anilines is 1.